The van der Waals surface area contributed by atoms with Crippen LogP contribution in [0.3, 0.4) is 0 Å². The zero-order valence-electron chi connectivity index (χ0n) is 15.2. The molecule has 8 nitrogen and oxygen atoms in total. The SMILES string of the molecule is CN(c1ccc(C2=CC3c4cc([N+](=O)[O-])ccc4NC3N=C2)cc1)S(C)(=O)=O. The molecule has 0 amide bonds. The summed E-state index contributed by atoms with van der Waals surface area (Å²) in [5, 5.41) is 14.4. The van der Waals surface area contributed by atoms with Gasteiger partial charge in [-0.3, -0.25) is 19.4 Å². The lowest BCUT2D eigenvalue weighted by Crippen LogP contribution is -2.24. The van der Waals surface area contributed by atoms with Gasteiger partial charge in [-0.15, -0.1) is 0 Å². The number of benzene rings is 2. The predicted octanol–water partition coefficient (Wildman–Crippen LogP) is 2.99. The van der Waals surface area contributed by atoms with Gasteiger partial charge in [-0.25, -0.2) is 8.42 Å². The van der Waals surface area contributed by atoms with Gasteiger partial charge in [0.15, 0.2) is 0 Å². The van der Waals surface area contributed by atoms with Crippen LogP contribution in [-0.4, -0.2) is 39.0 Å². The summed E-state index contributed by atoms with van der Waals surface area (Å²) >= 11 is 0. The second-order valence-corrected chi connectivity index (χ2v) is 8.83. The minimum Gasteiger partial charge on any atom is -0.363 e. The van der Waals surface area contributed by atoms with Gasteiger partial charge in [-0.05, 0) is 34.9 Å². The van der Waals surface area contributed by atoms with Gasteiger partial charge >= 0.3 is 0 Å². The molecule has 0 fully saturated rings. The number of non-ortho nitro benzene ring substituents is 1. The van der Waals surface area contributed by atoms with Gasteiger partial charge in [0.05, 0.1) is 16.9 Å². The molecule has 1 N–H and O–H groups in total. The van der Waals surface area contributed by atoms with E-state index in [9.17, 15) is 18.5 Å². The summed E-state index contributed by atoms with van der Waals surface area (Å²) in [6.45, 7) is 0. The van der Waals surface area contributed by atoms with Crippen LogP contribution in [0, 0.1) is 10.1 Å². The third kappa shape index (κ3) is 3.13. The monoisotopic (exact) mass is 398 g/mol. The summed E-state index contributed by atoms with van der Waals surface area (Å²) in [5.74, 6) is -0.103. The molecule has 2 aliphatic rings. The second kappa shape index (κ2) is 6.45. The maximum atomic E-state index is 11.7. The van der Waals surface area contributed by atoms with Gasteiger partial charge in [0, 0.05) is 37.0 Å². The van der Waals surface area contributed by atoms with Gasteiger partial charge in [0.25, 0.3) is 5.69 Å². The summed E-state index contributed by atoms with van der Waals surface area (Å²) in [6.07, 6.45) is 4.77. The number of nitrogens with zero attached hydrogens (tertiary/aromatic N) is 3. The highest BCUT2D eigenvalue weighted by Crippen LogP contribution is 2.42. The maximum Gasteiger partial charge on any atom is 0.269 e. The highest BCUT2D eigenvalue weighted by Gasteiger charge is 2.33. The van der Waals surface area contributed by atoms with Crippen molar-refractivity contribution in [2.75, 3.05) is 22.9 Å². The van der Waals surface area contributed by atoms with Crippen molar-refractivity contribution in [1.29, 1.82) is 0 Å². The first-order valence-electron chi connectivity index (χ1n) is 8.58. The molecular formula is C19H18N4O4S. The Morgan fingerprint density at radius 2 is 1.89 bits per heavy atom. The lowest BCUT2D eigenvalue weighted by atomic mass is 9.92. The van der Waals surface area contributed by atoms with E-state index in [0.717, 1.165) is 28.6 Å². The average molecular weight is 398 g/mol. The Kier molecular flexibility index (Phi) is 4.19. The number of fused-ring (bicyclic) bond motifs is 3. The standard InChI is InChI=1S/C19H18N4O4S/c1-22(28(2,26)27)14-5-3-12(4-6-14)13-9-17-16-10-15(23(24)25)7-8-18(16)21-19(17)20-11-13/h3-11,17,19,21H,1-2H3. The van der Waals surface area contributed by atoms with Crippen molar-refractivity contribution >= 4 is 38.9 Å². The van der Waals surface area contributed by atoms with E-state index in [1.54, 1.807) is 30.5 Å². The number of nitro benzene ring substituents is 1. The molecule has 2 atom stereocenters. The molecule has 28 heavy (non-hydrogen) atoms. The number of nitro groups is 1. The van der Waals surface area contributed by atoms with Gasteiger partial charge in [-0.1, -0.05) is 18.2 Å². The number of hydrogen-bond acceptors (Lipinski definition) is 6. The van der Waals surface area contributed by atoms with Crippen molar-refractivity contribution in [2.45, 2.75) is 12.1 Å². The normalized spacial score (nSPS) is 20.0. The number of aliphatic imine (C=N–C) groups is 1. The Morgan fingerprint density at radius 3 is 2.54 bits per heavy atom. The van der Waals surface area contributed by atoms with Crippen LogP contribution in [0.1, 0.15) is 17.0 Å². The smallest absolute Gasteiger partial charge is 0.269 e. The number of anilines is 2. The lowest BCUT2D eigenvalue weighted by Gasteiger charge is -2.20. The van der Waals surface area contributed by atoms with Gasteiger partial charge in [0.2, 0.25) is 10.0 Å². The van der Waals surface area contributed by atoms with E-state index < -0.39 is 14.9 Å². The highest BCUT2D eigenvalue weighted by atomic mass is 32.2. The molecule has 9 heteroatoms. The van der Waals surface area contributed by atoms with E-state index in [4.69, 9.17) is 0 Å². The van der Waals surface area contributed by atoms with Crippen LogP contribution in [-0.2, 0) is 10.0 Å². The van der Waals surface area contributed by atoms with Gasteiger partial charge in [-0.2, -0.15) is 0 Å². The van der Waals surface area contributed by atoms with E-state index in [-0.39, 0.29) is 17.8 Å². The van der Waals surface area contributed by atoms with Crippen LogP contribution in [0.2, 0.25) is 0 Å². The molecule has 0 spiro atoms. The topological polar surface area (TPSA) is 105 Å². The molecule has 2 unspecified atom stereocenters. The number of rotatable bonds is 4. The van der Waals surface area contributed by atoms with Gasteiger partial charge in [0.1, 0.15) is 6.17 Å². The molecule has 0 saturated carbocycles. The quantitative estimate of drug-likeness (QED) is 0.630. The van der Waals surface area contributed by atoms with Crippen LogP contribution in [0.15, 0.2) is 53.5 Å². The molecule has 2 heterocycles. The van der Waals surface area contributed by atoms with Crippen LogP contribution < -0.4 is 9.62 Å². The van der Waals surface area contributed by atoms with Crippen molar-refractivity contribution in [3.63, 3.8) is 0 Å². The van der Waals surface area contributed by atoms with Crippen molar-refractivity contribution in [1.82, 2.24) is 0 Å². The minimum atomic E-state index is -3.32. The average Bonchev–Trinajstić information content (AvgIpc) is 3.03. The molecule has 2 aliphatic heterocycles. The molecule has 4 rings (SSSR count). The first kappa shape index (κ1) is 18.2. The van der Waals surface area contributed by atoms with E-state index in [1.807, 2.05) is 18.2 Å². The van der Waals surface area contributed by atoms with Crippen LogP contribution in [0.5, 0.6) is 0 Å². The Labute approximate surface area is 162 Å². The van der Waals surface area contributed by atoms with Crippen molar-refractivity contribution in [3.05, 3.63) is 69.8 Å². The molecule has 2 aromatic carbocycles. The Balaban J connectivity index is 1.66. The third-order valence-corrected chi connectivity index (χ3v) is 6.25. The molecule has 0 aliphatic carbocycles. The van der Waals surface area contributed by atoms with E-state index >= 15 is 0 Å². The number of hydrogen-bond donors (Lipinski definition) is 1. The second-order valence-electron chi connectivity index (χ2n) is 6.82. The van der Waals surface area contributed by atoms with Crippen molar-refractivity contribution in [3.8, 4) is 0 Å². The molecule has 2 aromatic rings. The Morgan fingerprint density at radius 1 is 1.18 bits per heavy atom. The van der Waals surface area contributed by atoms with Crippen LogP contribution >= 0.6 is 0 Å². The minimum absolute atomic E-state index is 0.0545. The first-order valence-corrected chi connectivity index (χ1v) is 10.4. The van der Waals surface area contributed by atoms with Crippen LogP contribution in [0.25, 0.3) is 5.57 Å². The fraction of sp³-hybridized carbons (Fsp3) is 0.211. The lowest BCUT2D eigenvalue weighted by molar-refractivity contribution is -0.384. The van der Waals surface area contributed by atoms with E-state index in [1.165, 1.54) is 17.4 Å². The van der Waals surface area contributed by atoms with Gasteiger partial charge < -0.3 is 5.32 Å². The fourth-order valence-electron chi connectivity index (χ4n) is 3.42. The summed E-state index contributed by atoms with van der Waals surface area (Å²) in [5.41, 5.74) is 4.10. The van der Waals surface area contributed by atoms with Crippen molar-refractivity contribution < 1.29 is 13.3 Å². The molecule has 144 valence electrons. The number of nitrogens with one attached hydrogen (secondary N) is 1. The number of dihydropyridines is 1. The first-order chi connectivity index (χ1) is 13.2. The summed E-state index contributed by atoms with van der Waals surface area (Å²) in [4.78, 5) is 15.3. The third-order valence-electron chi connectivity index (χ3n) is 5.04. The Bertz CT molecular complexity index is 1120. The zero-order valence-corrected chi connectivity index (χ0v) is 16.1. The molecular weight excluding hydrogens is 380 g/mol. The van der Waals surface area contributed by atoms with Crippen LogP contribution in [0.4, 0.5) is 17.1 Å². The summed E-state index contributed by atoms with van der Waals surface area (Å²) < 4.78 is 24.6. The Hall–Kier alpha value is -3.20. The highest BCUT2D eigenvalue weighted by molar-refractivity contribution is 7.92. The fourth-order valence-corrected chi connectivity index (χ4v) is 3.93. The number of sulfonamides is 1. The molecule has 0 aromatic heterocycles. The zero-order chi connectivity index (χ0) is 20.1. The number of allylic oxidation sites excluding steroid dienone is 1. The largest absolute Gasteiger partial charge is 0.363 e. The molecule has 0 radical (unpaired) electrons. The van der Waals surface area contributed by atoms with Crippen molar-refractivity contribution in [2.24, 2.45) is 4.99 Å². The maximum absolute atomic E-state index is 11.7. The molecule has 0 bridgehead atoms. The predicted molar refractivity (Wildman–Crippen MR) is 109 cm³/mol. The molecule has 0 saturated heterocycles. The summed E-state index contributed by atoms with van der Waals surface area (Å²) in [7, 11) is -1.82. The van der Waals surface area contributed by atoms with E-state index in [2.05, 4.69) is 10.3 Å². The van der Waals surface area contributed by atoms with E-state index in [0.29, 0.717) is 5.69 Å². The summed E-state index contributed by atoms with van der Waals surface area (Å²) in [6, 6.07) is 11.9.